The molecule has 22 heavy (non-hydrogen) atoms. The highest BCUT2D eigenvalue weighted by molar-refractivity contribution is 5.93. The van der Waals surface area contributed by atoms with Gasteiger partial charge in [-0.05, 0) is 30.0 Å². The summed E-state index contributed by atoms with van der Waals surface area (Å²) in [6.07, 6.45) is 11.4. The molecule has 0 aliphatic heterocycles. The van der Waals surface area contributed by atoms with Gasteiger partial charge in [0, 0.05) is 39.1 Å². The number of hydrogen-bond acceptors (Lipinski definition) is 3. The molecule has 1 heterocycles. The zero-order chi connectivity index (χ0) is 15.6. The smallest absolute Gasteiger partial charge is 0.155 e. The van der Waals surface area contributed by atoms with Gasteiger partial charge < -0.3 is 9.30 Å². The third-order valence-corrected chi connectivity index (χ3v) is 3.39. The number of hydrogen-bond donors (Lipinski definition) is 0. The number of methoxy groups -OCH3 is 1. The Morgan fingerprint density at radius 3 is 2.77 bits per heavy atom. The van der Waals surface area contributed by atoms with E-state index >= 15 is 0 Å². The first-order valence-corrected chi connectivity index (χ1v) is 7.52. The van der Waals surface area contributed by atoms with Crippen LogP contribution < -0.4 is 0 Å². The summed E-state index contributed by atoms with van der Waals surface area (Å²) in [5.41, 5.74) is 2.25. The number of rotatable bonds is 9. The lowest BCUT2D eigenvalue weighted by molar-refractivity contribution is -0.114. The fourth-order valence-corrected chi connectivity index (χ4v) is 2.14. The largest absolute Gasteiger partial charge is 0.385 e. The molecule has 0 aliphatic carbocycles. The Morgan fingerprint density at radius 1 is 1.27 bits per heavy atom. The van der Waals surface area contributed by atoms with E-state index < -0.39 is 0 Å². The van der Waals surface area contributed by atoms with Crippen molar-refractivity contribution in [2.75, 3.05) is 13.7 Å². The zero-order valence-electron chi connectivity index (χ0n) is 12.9. The molecular formula is C18H22N2O2. The van der Waals surface area contributed by atoms with Crippen LogP contribution >= 0.6 is 0 Å². The number of imidazole rings is 1. The van der Waals surface area contributed by atoms with Crippen LogP contribution in [-0.4, -0.2) is 29.1 Å². The van der Waals surface area contributed by atoms with E-state index in [4.69, 9.17) is 4.74 Å². The number of benzene rings is 1. The molecule has 0 aliphatic rings. The van der Waals surface area contributed by atoms with Crippen molar-refractivity contribution in [3.63, 3.8) is 0 Å². The second-order valence-electron chi connectivity index (χ2n) is 5.23. The second-order valence-corrected chi connectivity index (χ2v) is 5.23. The Morgan fingerprint density at radius 2 is 2.09 bits per heavy atom. The molecule has 0 unspecified atom stereocenters. The van der Waals surface area contributed by atoms with E-state index in [0.29, 0.717) is 6.42 Å². The van der Waals surface area contributed by atoms with E-state index in [2.05, 4.69) is 17.1 Å². The maximum Gasteiger partial charge on any atom is 0.155 e. The van der Waals surface area contributed by atoms with E-state index in [1.54, 1.807) is 25.7 Å². The Kier molecular flexibility index (Phi) is 6.58. The minimum atomic E-state index is 0.165. The highest BCUT2D eigenvalue weighted by Crippen LogP contribution is 2.08. The van der Waals surface area contributed by atoms with Crippen molar-refractivity contribution in [2.24, 2.45) is 0 Å². The Labute approximate surface area is 131 Å². The highest BCUT2D eigenvalue weighted by Gasteiger charge is 1.98. The van der Waals surface area contributed by atoms with Gasteiger partial charge in [0.25, 0.3) is 0 Å². The van der Waals surface area contributed by atoms with Crippen LogP contribution in [0.5, 0.6) is 0 Å². The van der Waals surface area contributed by atoms with Gasteiger partial charge in [0.15, 0.2) is 5.78 Å². The molecule has 0 saturated heterocycles. The van der Waals surface area contributed by atoms with Gasteiger partial charge in [-0.1, -0.05) is 30.3 Å². The molecule has 0 N–H and O–H groups in total. The average molecular weight is 298 g/mol. The van der Waals surface area contributed by atoms with Crippen LogP contribution in [0, 0.1) is 0 Å². The predicted molar refractivity (Wildman–Crippen MR) is 87.5 cm³/mol. The molecule has 2 aromatic rings. The van der Waals surface area contributed by atoms with Gasteiger partial charge >= 0.3 is 0 Å². The van der Waals surface area contributed by atoms with Gasteiger partial charge in [-0.25, -0.2) is 4.98 Å². The molecule has 4 heteroatoms. The van der Waals surface area contributed by atoms with Crippen LogP contribution in [0.4, 0.5) is 0 Å². The number of allylic oxidation sites excluding steroid dienone is 1. The van der Waals surface area contributed by atoms with Crippen LogP contribution in [0.15, 0.2) is 49.1 Å². The number of ether oxygens (including phenoxy) is 1. The maximum absolute atomic E-state index is 11.7. The molecule has 116 valence electrons. The third-order valence-electron chi connectivity index (χ3n) is 3.39. The minimum absolute atomic E-state index is 0.165. The van der Waals surface area contributed by atoms with Crippen molar-refractivity contribution < 1.29 is 9.53 Å². The maximum atomic E-state index is 11.7. The summed E-state index contributed by atoms with van der Waals surface area (Å²) >= 11 is 0. The average Bonchev–Trinajstić information content (AvgIpc) is 3.04. The molecule has 0 radical (unpaired) electrons. The van der Waals surface area contributed by atoms with Crippen LogP contribution in [0.25, 0.3) is 6.08 Å². The molecule has 1 aromatic carbocycles. The van der Waals surface area contributed by atoms with Gasteiger partial charge in [0.1, 0.15) is 0 Å². The fraction of sp³-hybridized carbons (Fsp3) is 0.333. The predicted octanol–water partition coefficient (Wildman–Crippen LogP) is 3.33. The molecule has 0 spiro atoms. The summed E-state index contributed by atoms with van der Waals surface area (Å²) in [5.74, 6) is 0.165. The number of carbonyl (C=O) groups excluding carboxylic acids is 1. The second kappa shape index (κ2) is 8.95. The molecule has 0 saturated carbocycles. The zero-order valence-corrected chi connectivity index (χ0v) is 12.9. The van der Waals surface area contributed by atoms with E-state index in [-0.39, 0.29) is 5.78 Å². The molecule has 2 rings (SSSR count). The quantitative estimate of drug-likeness (QED) is 0.527. The van der Waals surface area contributed by atoms with Crippen LogP contribution in [0.1, 0.15) is 30.4 Å². The summed E-state index contributed by atoms with van der Waals surface area (Å²) in [7, 11) is 1.68. The summed E-state index contributed by atoms with van der Waals surface area (Å²) in [6, 6.07) is 8.20. The van der Waals surface area contributed by atoms with Crippen molar-refractivity contribution in [3.05, 3.63) is 60.2 Å². The lowest BCUT2D eigenvalue weighted by Crippen LogP contribution is -1.96. The van der Waals surface area contributed by atoms with Crippen molar-refractivity contribution in [3.8, 4) is 0 Å². The Bertz CT molecular complexity index is 586. The van der Waals surface area contributed by atoms with Crippen LogP contribution in [0.2, 0.25) is 0 Å². The SMILES string of the molecule is COCCCCC(=O)C=Cc1ccc(Cn2ccnc2)cc1. The Hall–Kier alpha value is -2.20. The Balaban J connectivity index is 1.80. The van der Waals surface area contributed by atoms with Crippen molar-refractivity contribution >= 4 is 11.9 Å². The van der Waals surface area contributed by atoms with E-state index in [1.807, 2.05) is 29.0 Å². The normalized spacial score (nSPS) is 11.1. The molecule has 1 aromatic heterocycles. The highest BCUT2D eigenvalue weighted by atomic mass is 16.5. The first kappa shape index (κ1) is 16.2. The number of carbonyl (C=O) groups is 1. The van der Waals surface area contributed by atoms with E-state index in [0.717, 1.165) is 31.6 Å². The van der Waals surface area contributed by atoms with Crippen LogP contribution in [0.3, 0.4) is 0 Å². The van der Waals surface area contributed by atoms with Crippen molar-refractivity contribution in [1.82, 2.24) is 9.55 Å². The number of aromatic nitrogens is 2. The minimum Gasteiger partial charge on any atom is -0.385 e. The topological polar surface area (TPSA) is 44.1 Å². The summed E-state index contributed by atoms with van der Waals surface area (Å²) < 4.78 is 6.99. The van der Waals surface area contributed by atoms with Crippen molar-refractivity contribution in [1.29, 1.82) is 0 Å². The fourth-order valence-electron chi connectivity index (χ4n) is 2.14. The molecule has 0 atom stereocenters. The van der Waals surface area contributed by atoms with Gasteiger partial charge in [-0.15, -0.1) is 0 Å². The van der Waals surface area contributed by atoms with Gasteiger partial charge in [0.05, 0.1) is 6.33 Å². The first-order valence-electron chi connectivity index (χ1n) is 7.52. The van der Waals surface area contributed by atoms with E-state index in [1.165, 1.54) is 5.56 Å². The molecule has 0 amide bonds. The summed E-state index contributed by atoms with van der Waals surface area (Å²) in [6.45, 7) is 1.53. The van der Waals surface area contributed by atoms with Crippen molar-refractivity contribution in [2.45, 2.75) is 25.8 Å². The molecular weight excluding hydrogens is 276 g/mol. The third kappa shape index (κ3) is 5.66. The molecule has 0 bridgehead atoms. The number of nitrogens with zero attached hydrogens (tertiary/aromatic N) is 2. The van der Waals surface area contributed by atoms with Crippen LogP contribution in [-0.2, 0) is 16.1 Å². The number of ketones is 1. The number of unbranched alkanes of at least 4 members (excludes halogenated alkanes) is 1. The van der Waals surface area contributed by atoms with Gasteiger partial charge in [-0.3, -0.25) is 4.79 Å². The first-order chi connectivity index (χ1) is 10.8. The lowest BCUT2D eigenvalue weighted by atomic mass is 10.1. The standard InChI is InChI=1S/C18H22N2O2/c1-22-13-3-2-4-18(21)10-9-16-5-7-17(8-6-16)14-20-12-11-19-15-20/h5-12,15H,2-4,13-14H2,1H3. The summed E-state index contributed by atoms with van der Waals surface area (Å²) in [4.78, 5) is 15.7. The van der Waals surface area contributed by atoms with E-state index in [9.17, 15) is 4.79 Å². The lowest BCUT2D eigenvalue weighted by Gasteiger charge is -2.03. The molecule has 0 fully saturated rings. The monoisotopic (exact) mass is 298 g/mol. The van der Waals surface area contributed by atoms with Gasteiger partial charge in [0.2, 0.25) is 0 Å². The summed E-state index contributed by atoms with van der Waals surface area (Å²) in [5, 5.41) is 0. The van der Waals surface area contributed by atoms with Gasteiger partial charge in [-0.2, -0.15) is 0 Å². The molecule has 4 nitrogen and oxygen atoms in total.